The fourth-order valence-electron chi connectivity index (χ4n) is 3.86. The van der Waals surface area contributed by atoms with Crippen molar-refractivity contribution in [2.75, 3.05) is 57.3 Å². The summed E-state index contributed by atoms with van der Waals surface area (Å²) < 4.78 is 28.7. The quantitative estimate of drug-likeness (QED) is 0.0627. The number of nitrogens with two attached hydrogens (primary N) is 3. The van der Waals surface area contributed by atoms with Crippen molar-refractivity contribution < 1.29 is 14.2 Å². The molecule has 14 heteroatoms. The van der Waals surface area contributed by atoms with Gasteiger partial charge in [-0.3, -0.25) is 4.90 Å². The van der Waals surface area contributed by atoms with Crippen LogP contribution in [0.2, 0.25) is 0 Å². The number of hydrogen-bond acceptors (Lipinski definition) is 11. The summed E-state index contributed by atoms with van der Waals surface area (Å²) in [6.07, 6.45) is 0.844. The van der Waals surface area contributed by atoms with Crippen LogP contribution in [0.1, 0.15) is 12.0 Å². The Morgan fingerprint density at radius 2 is 2.03 bits per heavy atom. The van der Waals surface area contributed by atoms with Gasteiger partial charge in [0.05, 0.1) is 41.1 Å². The molecule has 174 valence electrons. The third-order valence-electron chi connectivity index (χ3n) is 5.40. The van der Waals surface area contributed by atoms with Gasteiger partial charge in [0.25, 0.3) is 0 Å². The van der Waals surface area contributed by atoms with Crippen molar-refractivity contribution in [3.05, 3.63) is 17.7 Å². The number of hydrogen-bond donors (Lipinski definition) is 7. The number of piperazine rings is 1. The first-order chi connectivity index (χ1) is 15.0. The van der Waals surface area contributed by atoms with Crippen molar-refractivity contribution in [1.29, 1.82) is 0 Å². The van der Waals surface area contributed by atoms with E-state index in [1.807, 2.05) is 0 Å². The molecule has 0 radical (unpaired) electrons. The first-order valence-electron chi connectivity index (χ1n) is 10.0. The van der Waals surface area contributed by atoms with E-state index in [0.29, 0.717) is 42.3 Å². The van der Waals surface area contributed by atoms with Gasteiger partial charge in [-0.2, -0.15) is 0 Å². The predicted molar refractivity (Wildman–Crippen MR) is 122 cm³/mol. The topological polar surface area (TPSA) is 199 Å². The number of β-amino-alcohol motifs (C(OH)–C–C–N with tert-alkyl or cyclic N) is 1. The lowest BCUT2D eigenvalue weighted by Crippen LogP contribution is -2.48. The smallest absolute Gasteiger partial charge is 0.243 e. The minimum atomic E-state index is -1.97. The minimum absolute atomic E-state index is 0.00507. The highest BCUT2D eigenvalue weighted by Crippen LogP contribution is 2.33. The molecule has 2 heterocycles. The molecule has 3 unspecified atom stereocenters. The molecule has 2 aliphatic rings. The Labute approximate surface area is 188 Å². The Morgan fingerprint density at radius 1 is 1.29 bits per heavy atom. The van der Waals surface area contributed by atoms with Gasteiger partial charge in [0.2, 0.25) is 9.79 Å². The molecule has 2 fully saturated rings. The van der Waals surface area contributed by atoms with E-state index in [-0.39, 0.29) is 23.4 Å². The SMILES string of the molecule is NN/N=C(\N)c1c(N2CCN(CCO)CC2)ccc([S+]([O-])NC2CCNC2)c1[S+](N)[O-]. The minimum Gasteiger partial charge on any atom is -0.593 e. The molecule has 31 heavy (non-hydrogen) atoms. The summed E-state index contributed by atoms with van der Waals surface area (Å²) in [7, 11) is 0. The van der Waals surface area contributed by atoms with E-state index in [4.69, 9.17) is 21.8 Å². The van der Waals surface area contributed by atoms with E-state index in [1.54, 1.807) is 12.1 Å². The zero-order valence-electron chi connectivity index (χ0n) is 17.2. The number of hydrazone groups is 1. The molecular weight excluding hydrogens is 442 g/mol. The van der Waals surface area contributed by atoms with E-state index in [1.165, 1.54) is 0 Å². The van der Waals surface area contributed by atoms with Gasteiger partial charge >= 0.3 is 0 Å². The normalized spacial score (nSPS) is 22.5. The van der Waals surface area contributed by atoms with Crippen molar-refractivity contribution in [2.45, 2.75) is 22.3 Å². The number of amidine groups is 1. The van der Waals surface area contributed by atoms with Crippen LogP contribution < -0.4 is 37.2 Å². The zero-order valence-corrected chi connectivity index (χ0v) is 18.9. The Hall–Kier alpha value is -1.33. The van der Waals surface area contributed by atoms with Crippen molar-refractivity contribution in [1.82, 2.24) is 20.5 Å². The molecule has 0 saturated carbocycles. The maximum atomic E-state index is 13.1. The van der Waals surface area contributed by atoms with E-state index in [0.717, 1.165) is 26.1 Å². The summed E-state index contributed by atoms with van der Waals surface area (Å²) in [4.78, 5) is 4.71. The van der Waals surface area contributed by atoms with E-state index in [9.17, 15) is 9.11 Å². The zero-order chi connectivity index (χ0) is 22.4. The molecule has 0 aliphatic carbocycles. The lowest BCUT2D eigenvalue weighted by atomic mass is 10.1. The molecule has 2 saturated heterocycles. The molecule has 0 amide bonds. The lowest BCUT2D eigenvalue weighted by molar-refractivity contribution is 0.189. The first kappa shape index (κ1) is 24.3. The molecule has 3 rings (SSSR count). The summed E-state index contributed by atoms with van der Waals surface area (Å²) in [5, 5.41) is 22.1. The van der Waals surface area contributed by atoms with Crippen LogP contribution in [0, 0.1) is 0 Å². The molecule has 12 nitrogen and oxygen atoms in total. The Balaban J connectivity index is 1.97. The van der Waals surface area contributed by atoms with Crippen LogP contribution >= 0.6 is 0 Å². The van der Waals surface area contributed by atoms with Crippen molar-refractivity contribution >= 4 is 34.2 Å². The Morgan fingerprint density at radius 3 is 2.61 bits per heavy atom. The van der Waals surface area contributed by atoms with Gasteiger partial charge in [-0.25, -0.2) is 11.4 Å². The number of nitrogens with zero attached hydrogens (tertiary/aromatic N) is 3. The van der Waals surface area contributed by atoms with Crippen LogP contribution in [0.3, 0.4) is 0 Å². The third kappa shape index (κ3) is 5.92. The second-order valence-corrected chi connectivity index (χ2v) is 9.56. The monoisotopic (exact) mass is 473 g/mol. The Bertz CT molecular complexity index is 757. The highest BCUT2D eigenvalue weighted by molar-refractivity contribution is 7.92. The average molecular weight is 474 g/mol. The molecule has 1 aromatic rings. The number of nitrogens with one attached hydrogen (secondary N) is 3. The van der Waals surface area contributed by atoms with Gasteiger partial charge in [0.15, 0.2) is 5.84 Å². The van der Waals surface area contributed by atoms with E-state index < -0.39 is 22.7 Å². The molecule has 2 aliphatic heterocycles. The molecule has 0 spiro atoms. The summed E-state index contributed by atoms with van der Waals surface area (Å²) in [5.41, 5.74) is 9.38. The number of aliphatic hydroxyl groups is 1. The van der Waals surface area contributed by atoms with Crippen LogP contribution in [0.5, 0.6) is 0 Å². The van der Waals surface area contributed by atoms with Crippen LogP contribution in [0.15, 0.2) is 27.0 Å². The lowest BCUT2D eigenvalue weighted by Gasteiger charge is -2.36. The van der Waals surface area contributed by atoms with Crippen molar-refractivity contribution in [2.24, 2.45) is 21.8 Å². The molecular formula is C17H31N9O3S2. The van der Waals surface area contributed by atoms with E-state index in [2.05, 4.69) is 30.5 Å². The number of benzene rings is 1. The highest BCUT2D eigenvalue weighted by Gasteiger charge is 2.35. The van der Waals surface area contributed by atoms with Crippen molar-refractivity contribution in [3.63, 3.8) is 0 Å². The fraction of sp³-hybridized carbons (Fsp3) is 0.588. The van der Waals surface area contributed by atoms with Gasteiger partial charge in [-0.1, -0.05) is 0 Å². The molecule has 0 bridgehead atoms. The Kier molecular flexibility index (Phi) is 9.03. The average Bonchev–Trinajstić information content (AvgIpc) is 3.26. The number of anilines is 1. The van der Waals surface area contributed by atoms with Crippen molar-refractivity contribution in [3.8, 4) is 0 Å². The summed E-state index contributed by atoms with van der Waals surface area (Å²) >= 11 is -3.61. The second kappa shape index (κ2) is 11.5. The highest BCUT2D eigenvalue weighted by atomic mass is 32.2. The molecule has 0 aromatic heterocycles. The van der Waals surface area contributed by atoms with E-state index >= 15 is 0 Å². The number of hydrazine groups is 1. The van der Waals surface area contributed by atoms with Gasteiger partial charge in [-0.15, -0.1) is 15.0 Å². The maximum Gasteiger partial charge on any atom is 0.243 e. The van der Waals surface area contributed by atoms with Crippen LogP contribution in [0.25, 0.3) is 0 Å². The largest absolute Gasteiger partial charge is 0.593 e. The van der Waals surface area contributed by atoms with Crippen LogP contribution in [-0.2, 0) is 22.7 Å². The standard InChI is InChI=1S/C17H31N9O3S2/c18-17(22-24-19)15-13(26-7-5-25(6-8-26)9-10-27)1-2-14(16(15)30(20)28)31(29)23-12-3-4-21-11-12/h1-2,12,21,23-24,27H,3-11,19-20H2,(H2,18,22). The van der Waals surface area contributed by atoms with Crippen LogP contribution in [0.4, 0.5) is 5.69 Å². The van der Waals surface area contributed by atoms with Crippen LogP contribution in [-0.4, -0.2) is 83.4 Å². The third-order valence-corrected chi connectivity index (χ3v) is 7.65. The molecule has 10 N–H and O–H groups in total. The van der Waals surface area contributed by atoms with Gasteiger partial charge < -0.3 is 30.2 Å². The summed E-state index contributed by atoms with van der Waals surface area (Å²) in [5.74, 6) is 5.34. The number of aliphatic hydroxyl groups excluding tert-OH is 1. The summed E-state index contributed by atoms with van der Waals surface area (Å²) in [6.45, 7) is 5.10. The maximum absolute atomic E-state index is 13.1. The van der Waals surface area contributed by atoms with Gasteiger partial charge in [-0.05, 0) is 19.0 Å². The summed E-state index contributed by atoms with van der Waals surface area (Å²) in [6, 6.07) is 3.52. The van der Waals surface area contributed by atoms with Gasteiger partial charge in [0, 0.05) is 45.3 Å². The fourth-order valence-corrected chi connectivity index (χ4v) is 6.10. The second-order valence-electron chi connectivity index (χ2n) is 7.34. The van der Waals surface area contributed by atoms with Gasteiger partial charge in [0.1, 0.15) is 5.56 Å². The molecule has 3 atom stereocenters. The predicted octanol–water partition coefficient (Wildman–Crippen LogP) is -3.16. The first-order valence-corrected chi connectivity index (χ1v) is 12.4. The number of rotatable bonds is 9. The molecule has 1 aromatic carbocycles.